The molecule has 0 heterocycles. The molecule has 0 radical (unpaired) electrons. The Labute approximate surface area is 130 Å². The molecule has 1 saturated carbocycles. The zero-order chi connectivity index (χ0) is 15.4. The lowest BCUT2D eigenvalue weighted by Gasteiger charge is -2.38. The van der Waals surface area contributed by atoms with Crippen molar-refractivity contribution in [2.45, 2.75) is 66.0 Å². The van der Waals surface area contributed by atoms with Gasteiger partial charge in [0.2, 0.25) is 0 Å². The first-order chi connectivity index (χ1) is 10.0. The van der Waals surface area contributed by atoms with Crippen LogP contribution in [0.4, 0.5) is 0 Å². The number of hydrogen-bond acceptors (Lipinski definition) is 2. The zero-order valence-electron chi connectivity index (χ0n) is 14.3. The highest BCUT2D eigenvalue weighted by Gasteiger charge is 2.33. The molecule has 1 aromatic rings. The summed E-state index contributed by atoms with van der Waals surface area (Å²) in [5, 5.41) is 3.62. The average Bonchev–Trinajstić information content (AvgIpc) is 2.45. The van der Waals surface area contributed by atoms with Gasteiger partial charge in [0.15, 0.2) is 0 Å². The number of nitrogens with one attached hydrogen (secondary N) is 1. The highest BCUT2D eigenvalue weighted by molar-refractivity contribution is 5.38. The Morgan fingerprint density at radius 1 is 1.24 bits per heavy atom. The van der Waals surface area contributed by atoms with Crippen molar-refractivity contribution >= 4 is 0 Å². The molecule has 2 rings (SSSR count). The minimum Gasteiger partial charge on any atom is -0.489 e. The normalized spacial score (nSPS) is 26.1. The van der Waals surface area contributed by atoms with E-state index in [4.69, 9.17) is 4.74 Å². The van der Waals surface area contributed by atoms with Crippen LogP contribution in [0.1, 0.15) is 51.2 Å². The third kappa shape index (κ3) is 4.00. The number of aryl methyl sites for hydroxylation is 1. The van der Waals surface area contributed by atoms with Crippen molar-refractivity contribution in [3.05, 3.63) is 29.3 Å². The topological polar surface area (TPSA) is 21.3 Å². The summed E-state index contributed by atoms with van der Waals surface area (Å²) >= 11 is 0. The number of likely N-dealkylation sites (N-methyl/N-ethyl adjacent to an activating group) is 1. The molecule has 1 aliphatic carbocycles. The van der Waals surface area contributed by atoms with Crippen LogP contribution in [0.5, 0.6) is 5.75 Å². The van der Waals surface area contributed by atoms with Gasteiger partial charge in [0.1, 0.15) is 11.9 Å². The average molecular weight is 289 g/mol. The highest BCUT2D eigenvalue weighted by atomic mass is 16.5. The molecule has 0 spiro atoms. The van der Waals surface area contributed by atoms with E-state index in [1.165, 1.54) is 30.4 Å². The van der Waals surface area contributed by atoms with E-state index >= 15 is 0 Å². The molecule has 0 saturated heterocycles. The summed E-state index contributed by atoms with van der Waals surface area (Å²) in [6.07, 6.45) is 4.02. The van der Waals surface area contributed by atoms with Gasteiger partial charge in [0.05, 0.1) is 0 Å². The van der Waals surface area contributed by atoms with E-state index in [9.17, 15) is 0 Å². The lowest BCUT2D eigenvalue weighted by atomic mass is 9.78. The van der Waals surface area contributed by atoms with Crippen molar-refractivity contribution in [3.8, 4) is 5.75 Å². The molecule has 1 aromatic carbocycles. The first-order valence-electron chi connectivity index (χ1n) is 8.49. The lowest BCUT2D eigenvalue weighted by Crippen LogP contribution is -2.47. The Kier molecular flexibility index (Phi) is 5.69. The largest absolute Gasteiger partial charge is 0.489 e. The molecule has 3 atom stereocenters. The molecule has 1 aliphatic rings. The fraction of sp³-hybridized carbons (Fsp3) is 0.684. The molecule has 118 valence electrons. The van der Waals surface area contributed by atoms with E-state index < -0.39 is 0 Å². The van der Waals surface area contributed by atoms with Crippen molar-refractivity contribution in [1.29, 1.82) is 0 Å². The molecule has 1 N–H and O–H groups in total. The highest BCUT2D eigenvalue weighted by Crippen LogP contribution is 2.33. The molecular formula is C19H31NO. The van der Waals surface area contributed by atoms with Crippen molar-refractivity contribution in [2.75, 3.05) is 6.54 Å². The van der Waals surface area contributed by atoms with Crippen LogP contribution in [-0.4, -0.2) is 18.7 Å². The van der Waals surface area contributed by atoms with Crippen LogP contribution >= 0.6 is 0 Å². The van der Waals surface area contributed by atoms with Gasteiger partial charge in [-0.15, -0.1) is 0 Å². The Balaban J connectivity index is 2.13. The van der Waals surface area contributed by atoms with Crippen LogP contribution in [-0.2, 0) is 0 Å². The van der Waals surface area contributed by atoms with Gasteiger partial charge in [-0.25, -0.2) is 0 Å². The second kappa shape index (κ2) is 7.31. The summed E-state index contributed by atoms with van der Waals surface area (Å²) in [7, 11) is 0. The van der Waals surface area contributed by atoms with Gasteiger partial charge in [0, 0.05) is 6.04 Å². The van der Waals surface area contributed by atoms with E-state index in [0.717, 1.165) is 24.1 Å². The second-order valence-corrected chi connectivity index (χ2v) is 6.84. The molecule has 0 aliphatic heterocycles. The van der Waals surface area contributed by atoms with Crippen molar-refractivity contribution in [2.24, 2.45) is 11.8 Å². The SMILES string of the molecule is CCNC1CCC(C(C)C)CC1Oc1cccc(C)c1C. The summed E-state index contributed by atoms with van der Waals surface area (Å²) in [5.74, 6) is 2.60. The molecule has 3 unspecified atom stereocenters. The van der Waals surface area contributed by atoms with Crippen molar-refractivity contribution in [3.63, 3.8) is 0 Å². The van der Waals surface area contributed by atoms with Gasteiger partial charge >= 0.3 is 0 Å². The van der Waals surface area contributed by atoms with Gasteiger partial charge in [-0.3, -0.25) is 0 Å². The van der Waals surface area contributed by atoms with Crippen LogP contribution in [0.25, 0.3) is 0 Å². The first-order valence-corrected chi connectivity index (χ1v) is 8.49. The Morgan fingerprint density at radius 3 is 2.67 bits per heavy atom. The number of rotatable bonds is 5. The van der Waals surface area contributed by atoms with Crippen LogP contribution in [0.2, 0.25) is 0 Å². The van der Waals surface area contributed by atoms with E-state index in [2.05, 4.69) is 58.1 Å². The molecule has 0 bridgehead atoms. The third-order valence-electron chi connectivity index (χ3n) is 5.07. The van der Waals surface area contributed by atoms with Crippen LogP contribution in [0.3, 0.4) is 0 Å². The first kappa shape index (κ1) is 16.4. The summed E-state index contributed by atoms with van der Waals surface area (Å²) in [6.45, 7) is 12.2. The monoisotopic (exact) mass is 289 g/mol. The Hall–Kier alpha value is -1.02. The minimum atomic E-state index is 0.298. The maximum absolute atomic E-state index is 6.45. The molecule has 0 aromatic heterocycles. The predicted octanol–water partition coefficient (Wildman–Crippen LogP) is 4.49. The molecule has 2 heteroatoms. The number of ether oxygens (including phenoxy) is 1. The molecule has 1 fully saturated rings. The maximum atomic E-state index is 6.45. The second-order valence-electron chi connectivity index (χ2n) is 6.84. The molecular weight excluding hydrogens is 258 g/mol. The molecule has 0 amide bonds. The van der Waals surface area contributed by atoms with E-state index in [1.54, 1.807) is 0 Å². The number of benzene rings is 1. The molecule has 21 heavy (non-hydrogen) atoms. The van der Waals surface area contributed by atoms with Crippen LogP contribution in [0.15, 0.2) is 18.2 Å². The van der Waals surface area contributed by atoms with Gasteiger partial charge in [-0.05, 0) is 68.7 Å². The fourth-order valence-electron chi connectivity index (χ4n) is 3.41. The van der Waals surface area contributed by atoms with Gasteiger partial charge in [0.25, 0.3) is 0 Å². The zero-order valence-corrected chi connectivity index (χ0v) is 14.3. The molecule has 2 nitrogen and oxygen atoms in total. The van der Waals surface area contributed by atoms with Crippen molar-refractivity contribution < 1.29 is 4.74 Å². The number of hydrogen-bond donors (Lipinski definition) is 1. The van der Waals surface area contributed by atoms with Crippen LogP contribution in [0, 0.1) is 25.7 Å². The van der Waals surface area contributed by atoms with E-state index in [0.29, 0.717) is 12.1 Å². The van der Waals surface area contributed by atoms with Crippen LogP contribution < -0.4 is 10.1 Å². The third-order valence-corrected chi connectivity index (χ3v) is 5.07. The van der Waals surface area contributed by atoms with Gasteiger partial charge < -0.3 is 10.1 Å². The maximum Gasteiger partial charge on any atom is 0.122 e. The Bertz CT molecular complexity index is 455. The quantitative estimate of drug-likeness (QED) is 0.862. The summed E-state index contributed by atoms with van der Waals surface area (Å²) < 4.78 is 6.45. The summed E-state index contributed by atoms with van der Waals surface area (Å²) in [4.78, 5) is 0. The summed E-state index contributed by atoms with van der Waals surface area (Å²) in [5.41, 5.74) is 2.59. The fourth-order valence-corrected chi connectivity index (χ4v) is 3.41. The predicted molar refractivity (Wildman–Crippen MR) is 90.0 cm³/mol. The van der Waals surface area contributed by atoms with Gasteiger partial charge in [-0.1, -0.05) is 32.9 Å². The van der Waals surface area contributed by atoms with E-state index in [-0.39, 0.29) is 0 Å². The minimum absolute atomic E-state index is 0.298. The Morgan fingerprint density at radius 2 is 2.00 bits per heavy atom. The standard InChI is InChI=1S/C19H31NO/c1-6-20-17-11-10-16(13(2)3)12-19(17)21-18-9-7-8-14(4)15(18)5/h7-9,13,16-17,19-20H,6,10-12H2,1-5H3. The summed E-state index contributed by atoms with van der Waals surface area (Å²) in [6, 6.07) is 6.86. The lowest BCUT2D eigenvalue weighted by molar-refractivity contribution is 0.0720. The van der Waals surface area contributed by atoms with Crippen molar-refractivity contribution in [1.82, 2.24) is 5.32 Å². The van der Waals surface area contributed by atoms with E-state index in [1.807, 2.05) is 0 Å². The van der Waals surface area contributed by atoms with Gasteiger partial charge in [-0.2, -0.15) is 0 Å². The smallest absolute Gasteiger partial charge is 0.122 e.